The van der Waals surface area contributed by atoms with Crippen LogP contribution in [0, 0.1) is 12.8 Å². The average Bonchev–Trinajstić information content (AvgIpc) is 2.37. The Bertz CT molecular complexity index is 472. The minimum absolute atomic E-state index is 0.369. The summed E-state index contributed by atoms with van der Waals surface area (Å²) < 4.78 is 0. The molecule has 4 heteroatoms. The van der Waals surface area contributed by atoms with E-state index in [1.165, 1.54) is 6.42 Å². The summed E-state index contributed by atoms with van der Waals surface area (Å²) in [5.41, 5.74) is 13.9. The number of nitrogens with two attached hydrogens (primary N) is 2. The number of nitrogens with zero attached hydrogens (tertiary/aromatic N) is 1. The van der Waals surface area contributed by atoms with E-state index in [1.807, 2.05) is 25.1 Å². The molecular formula is C15H23N3O. The van der Waals surface area contributed by atoms with Crippen LogP contribution in [-0.4, -0.2) is 25.0 Å². The van der Waals surface area contributed by atoms with Gasteiger partial charge in [-0.2, -0.15) is 0 Å². The lowest BCUT2D eigenvalue weighted by atomic mass is 9.91. The molecule has 4 nitrogen and oxygen atoms in total. The Hall–Kier alpha value is -1.55. The number of hydrogen-bond donors (Lipinski definition) is 2. The highest BCUT2D eigenvalue weighted by Crippen LogP contribution is 2.28. The van der Waals surface area contributed by atoms with Crippen LogP contribution in [0.1, 0.15) is 35.7 Å². The van der Waals surface area contributed by atoms with E-state index in [-0.39, 0.29) is 5.91 Å². The molecule has 1 fully saturated rings. The van der Waals surface area contributed by atoms with Crippen molar-refractivity contribution in [3.05, 3.63) is 29.3 Å². The fraction of sp³-hybridized carbons (Fsp3) is 0.533. The second-order valence-electron chi connectivity index (χ2n) is 5.58. The van der Waals surface area contributed by atoms with E-state index in [0.29, 0.717) is 18.2 Å². The van der Waals surface area contributed by atoms with Gasteiger partial charge in [-0.05, 0) is 49.4 Å². The van der Waals surface area contributed by atoms with Gasteiger partial charge in [0.1, 0.15) is 0 Å². The normalized spacial score (nSPS) is 23.4. The molecule has 1 saturated heterocycles. The van der Waals surface area contributed by atoms with Gasteiger partial charge in [0, 0.05) is 30.4 Å². The van der Waals surface area contributed by atoms with Crippen molar-refractivity contribution in [2.45, 2.75) is 32.7 Å². The second-order valence-corrected chi connectivity index (χ2v) is 5.58. The molecule has 1 heterocycles. The third kappa shape index (κ3) is 2.89. The predicted molar refractivity (Wildman–Crippen MR) is 78.3 cm³/mol. The molecule has 0 radical (unpaired) electrons. The zero-order valence-corrected chi connectivity index (χ0v) is 11.7. The molecule has 2 rings (SSSR count). The molecule has 19 heavy (non-hydrogen) atoms. The van der Waals surface area contributed by atoms with E-state index in [2.05, 4.69) is 11.8 Å². The van der Waals surface area contributed by atoms with Gasteiger partial charge >= 0.3 is 0 Å². The number of anilines is 1. The van der Waals surface area contributed by atoms with Crippen LogP contribution < -0.4 is 16.4 Å². The van der Waals surface area contributed by atoms with Crippen LogP contribution in [0.25, 0.3) is 0 Å². The van der Waals surface area contributed by atoms with E-state index in [9.17, 15) is 4.79 Å². The van der Waals surface area contributed by atoms with Crippen LogP contribution in [0.15, 0.2) is 18.2 Å². The van der Waals surface area contributed by atoms with Crippen molar-refractivity contribution in [3.63, 3.8) is 0 Å². The molecule has 2 atom stereocenters. The summed E-state index contributed by atoms with van der Waals surface area (Å²) in [5.74, 6) is 0.363. The van der Waals surface area contributed by atoms with Crippen molar-refractivity contribution in [3.8, 4) is 0 Å². The van der Waals surface area contributed by atoms with Gasteiger partial charge in [-0.25, -0.2) is 0 Å². The number of primary amides is 1. The van der Waals surface area contributed by atoms with Gasteiger partial charge in [-0.1, -0.05) is 6.92 Å². The van der Waals surface area contributed by atoms with Crippen molar-refractivity contribution in [1.29, 1.82) is 0 Å². The molecule has 0 bridgehead atoms. The standard InChI is InChI=1S/C15H23N3O/c1-10-5-6-18(13(7-10)9-16)12-3-4-14(15(17)19)11(2)8-12/h3-4,8,10,13H,5-7,9,16H2,1-2H3,(H2,17,19). The predicted octanol–water partition coefficient (Wildman–Crippen LogP) is 1.66. The van der Waals surface area contributed by atoms with E-state index in [0.717, 1.165) is 30.1 Å². The van der Waals surface area contributed by atoms with Crippen LogP contribution in [0.5, 0.6) is 0 Å². The summed E-state index contributed by atoms with van der Waals surface area (Å²) in [7, 11) is 0. The maximum Gasteiger partial charge on any atom is 0.248 e. The first-order valence-corrected chi connectivity index (χ1v) is 6.90. The summed E-state index contributed by atoms with van der Waals surface area (Å²) in [6.07, 6.45) is 2.32. The number of hydrogen-bond acceptors (Lipinski definition) is 3. The fourth-order valence-corrected chi connectivity index (χ4v) is 2.92. The van der Waals surface area contributed by atoms with Crippen molar-refractivity contribution in [2.24, 2.45) is 17.4 Å². The van der Waals surface area contributed by atoms with E-state index in [4.69, 9.17) is 11.5 Å². The van der Waals surface area contributed by atoms with Crippen LogP contribution in [0.4, 0.5) is 5.69 Å². The summed E-state index contributed by atoms with van der Waals surface area (Å²) >= 11 is 0. The number of piperidine rings is 1. The van der Waals surface area contributed by atoms with Crippen LogP contribution in [-0.2, 0) is 0 Å². The smallest absolute Gasteiger partial charge is 0.248 e. The van der Waals surface area contributed by atoms with Gasteiger partial charge in [0.2, 0.25) is 5.91 Å². The van der Waals surface area contributed by atoms with Crippen molar-refractivity contribution < 1.29 is 4.79 Å². The molecular weight excluding hydrogens is 238 g/mol. The molecule has 0 aliphatic carbocycles. The van der Waals surface area contributed by atoms with Crippen LogP contribution >= 0.6 is 0 Å². The SMILES string of the molecule is Cc1cc(N2CCC(C)CC2CN)ccc1C(N)=O. The highest BCUT2D eigenvalue weighted by atomic mass is 16.1. The summed E-state index contributed by atoms with van der Waals surface area (Å²) in [5, 5.41) is 0. The molecule has 0 spiro atoms. The summed E-state index contributed by atoms with van der Waals surface area (Å²) in [6, 6.07) is 6.23. The molecule has 0 aromatic heterocycles. The number of carbonyl (C=O) groups excluding carboxylic acids is 1. The Morgan fingerprint density at radius 2 is 2.21 bits per heavy atom. The van der Waals surface area contributed by atoms with Crippen LogP contribution in [0.3, 0.4) is 0 Å². The minimum atomic E-state index is -0.369. The number of carbonyl (C=O) groups is 1. The third-order valence-corrected chi connectivity index (χ3v) is 4.06. The number of amides is 1. The lowest BCUT2D eigenvalue weighted by Gasteiger charge is -2.40. The first-order chi connectivity index (χ1) is 9.02. The van der Waals surface area contributed by atoms with Gasteiger partial charge in [0.05, 0.1) is 0 Å². The summed E-state index contributed by atoms with van der Waals surface area (Å²) in [6.45, 7) is 5.90. The highest BCUT2D eigenvalue weighted by Gasteiger charge is 2.25. The topological polar surface area (TPSA) is 72.3 Å². The number of benzene rings is 1. The maximum absolute atomic E-state index is 11.3. The molecule has 1 aromatic rings. The van der Waals surface area contributed by atoms with Crippen molar-refractivity contribution in [1.82, 2.24) is 0 Å². The Kier molecular flexibility index (Phi) is 4.10. The average molecular weight is 261 g/mol. The first-order valence-electron chi connectivity index (χ1n) is 6.90. The van der Waals surface area contributed by atoms with E-state index in [1.54, 1.807) is 0 Å². The largest absolute Gasteiger partial charge is 0.367 e. The van der Waals surface area contributed by atoms with Crippen molar-refractivity contribution in [2.75, 3.05) is 18.0 Å². The number of aryl methyl sites for hydroxylation is 1. The zero-order valence-electron chi connectivity index (χ0n) is 11.7. The highest BCUT2D eigenvalue weighted by molar-refractivity contribution is 5.94. The van der Waals surface area contributed by atoms with E-state index >= 15 is 0 Å². The minimum Gasteiger partial charge on any atom is -0.367 e. The quantitative estimate of drug-likeness (QED) is 0.869. The Labute approximate surface area is 114 Å². The number of rotatable bonds is 3. The van der Waals surface area contributed by atoms with Crippen molar-refractivity contribution >= 4 is 11.6 Å². The molecule has 1 aliphatic heterocycles. The Morgan fingerprint density at radius 1 is 1.47 bits per heavy atom. The molecule has 2 unspecified atom stereocenters. The van der Waals surface area contributed by atoms with E-state index < -0.39 is 0 Å². The molecule has 104 valence electrons. The molecule has 0 saturated carbocycles. The first kappa shape index (κ1) is 13.9. The zero-order chi connectivity index (χ0) is 14.0. The van der Waals surface area contributed by atoms with Crippen LogP contribution in [0.2, 0.25) is 0 Å². The Balaban J connectivity index is 2.26. The molecule has 1 amide bonds. The second kappa shape index (κ2) is 5.61. The van der Waals surface area contributed by atoms with Gasteiger partial charge < -0.3 is 16.4 Å². The fourth-order valence-electron chi connectivity index (χ4n) is 2.92. The lowest BCUT2D eigenvalue weighted by Crippen LogP contribution is -2.46. The van der Waals surface area contributed by atoms with Gasteiger partial charge in [0.25, 0.3) is 0 Å². The molecule has 1 aromatic carbocycles. The lowest BCUT2D eigenvalue weighted by molar-refractivity contribution is 0.1000. The third-order valence-electron chi connectivity index (χ3n) is 4.06. The molecule has 1 aliphatic rings. The maximum atomic E-state index is 11.3. The van der Waals surface area contributed by atoms with Gasteiger partial charge in [-0.15, -0.1) is 0 Å². The summed E-state index contributed by atoms with van der Waals surface area (Å²) in [4.78, 5) is 13.6. The van der Waals surface area contributed by atoms with Gasteiger partial charge in [-0.3, -0.25) is 4.79 Å². The monoisotopic (exact) mass is 261 g/mol. The Morgan fingerprint density at radius 3 is 2.79 bits per heavy atom. The van der Waals surface area contributed by atoms with Gasteiger partial charge in [0.15, 0.2) is 0 Å². The molecule has 4 N–H and O–H groups in total.